The molecule has 0 bridgehead atoms. The first-order chi connectivity index (χ1) is 11.2. The van der Waals surface area contributed by atoms with E-state index >= 15 is 0 Å². The van der Waals surface area contributed by atoms with Crippen molar-refractivity contribution < 1.29 is 0 Å². The van der Waals surface area contributed by atoms with Crippen LogP contribution in [0.5, 0.6) is 0 Å². The number of allylic oxidation sites excluding steroid dienone is 4. The minimum Gasteiger partial charge on any atom is -0.0794 e. The van der Waals surface area contributed by atoms with Crippen molar-refractivity contribution in [2.45, 2.75) is 38.3 Å². The monoisotopic (exact) mass is 318 g/mol. The summed E-state index contributed by atoms with van der Waals surface area (Å²) in [5.74, 6) is 0. The summed E-state index contributed by atoms with van der Waals surface area (Å²) in [6, 6.07) is 22.3. The fourth-order valence-corrected chi connectivity index (χ4v) is 7.50. The molecule has 0 amide bonds. The van der Waals surface area contributed by atoms with Gasteiger partial charge in [0, 0.05) is 0 Å². The third-order valence-corrected chi connectivity index (χ3v) is 9.90. The SMILES string of the molecule is CCCCC1=CC([Si](C)(c2ccccc2)c2ccccc2)C=C1. The maximum Gasteiger partial charge on any atom is 0.125 e. The van der Waals surface area contributed by atoms with Gasteiger partial charge in [-0.25, -0.2) is 0 Å². The Morgan fingerprint density at radius 3 is 1.96 bits per heavy atom. The highest BCUT2D eigenvalue weighted by Gasteiger charge is 2.38. The number of rotatable bonds is 6. The van der Waals surface area contributed by atoms with Gasteiger partial charge in [-0.2, -0.15) is 0 Å². The molecule has 0 aromatic heterocycles. The molecule has 2 aromatic carbocycles. The van der Waals surface area contributed by atoms with Gasteiger partial charge >= 0.3 is 0 Å². The second kappa shape index (κ2) is 7.14. The molecule has 0 radical (unpaired) electrons. The van der Waals surface area contributed by atoms with Crippen LogP contribution in [0.25, 0.3) is 0 Å². The normalized spacial score (nSPS) is 17.3. The Bertz CT molecular complexity index is 643. The second-order valence-corrected chi connectivity index (χ2v) is 10.9. The average Bonchev–Trinajstić information content (AvgIpc) is 3.10. The van der Waals surface area contributed by atoms with Crippen LogP contribution in [0.3, 0.4) is 0 Å². The summed E-state index contributed by atoms with van der Waals surface area (Å²) >= 11 is 0. The maximum absolute atomic E-state index is 2.54. The van der Waals surface area contributed by atoms with Gasteiger partial charge in [-0.05, 0) is 18.4 Å². The van der Waals surface area contributed by atoms with E-state index in [0.717, 1.165) is 0 Å². The van der Waals surface area contributed by atoms with Gasteiger partial charge in [-0.15, -0.1) is 0 Å². The lowest BCUT2D eigenvalue weighted by Crippen LogP contribution is -2.58. The van der Waals surface area contributed by atoms with Crippen molar-refractivity contribution >= 4 is 18.4 Å². The van der Waals surface area contributed by atoms with Gasteiger partial charge in [0.2, 0.25) is 0 Å². The van der Waals surface area contributed by atoms with Gasteiger partial charge in [-0.1, -0.05) is 115 Å². The van der Waals surface area contributed by atoms with Crippen LogP contribution in [0.15, 0.2) is 84.5 Å². The van der Waals surface area contributed by atoms with Crippen molar-refractivity contribution in [1.82, 2.24) is 0 Å². The summed E-state index contributed by atoms with van der Waals surface area (Å²) in [6.07, 6.45) is 11.1. The molecule has 0 N–H and O–H groups in total. The standard InChI is InChI=1S/C22H26Si/c1-3-4-11-19-16-17-22(18-19)23(2,20-12-7-5-8-13-20)21-14-9-6-10-15-21/h5-10,12-18,22H,3-4,11H2,1-2H3. The van der Waals surface area contributed by atoms with Crippen molar-refractivity contribution in [1.29, 1.82) is 0 Å². The molecule has 0 nitrogen and oxygen atoms in total. The van der Waals surface area contributed by atoms with E-state index in [0.29, 0.717) is 5.54 Å². The number of hydrogen-bond donors (Lipinski definition) is 0. The van der Waals surface area contributed by atoms with Crippen LogP contribution in [0.1, 0.15) is 26.2 Å². The molecule has 1 atom stereocenters. The van der Waals surface area contributed by atoms with Crippen molar-refractivity contribution in [2.75, 3.05) is 0 Å². The van der Waals surface area contributed by atoms with E-state index in [2.05, 4.69) is 92.4 Å². The second-order valence-electron chi connectivity index (χ2n) is 6.66. The smallest absolute Gasteiger partial charge is 0.0794 e. The third-order valence-electron chi connectivity index (χ3n) is 5.14. The Balaban J connectivity index is 2.01. The molecule has 23 heavy (non-hydrogen) atoms. The number of unbranched alkanes of at least 4 members (excludes halogenated alkanes) is 1. The summed E-state index contributed by atoms with van der Waals surface area (Å²) < 4.78 is 0. The lowest BCUT2D eigenvalue weighted by Gasteiger charge is -2.33. The van der Waals surface area contributed by atoms with Gasteiger partial charge in [-0.3, -0.25) is 0 Å². The van der Waals surface area contributed by atoms with Crippen LogP contribution in [0, 0.1) is 0 Å². The van der Waals surface area contributed by atoms with E-state index in [9.17, 15) is 0 Å². The summed E-state index contributed by atoms with van der Waals surface area (Å²) in [5.41, 5.74) is 2.08. The van der Waals surface area contributed by atoms with E-state index in [-0.39, 0.29) is 0 Å². The molecule has 3 rings (SSSR count). The Hall–Kier alpha value is -1.86. The minimum atomic E-state index is -1.81. The number of hydrogen-bond acceptors (Lipinski definition) is 0. The summed E-state index contributed by atoms with van der Waals surface area (Å²) in [5, 5.41) is 3.04. The zero-order valence-corrected chi connectivity index (χ0v) is 15.2. The molecule has 0 saturated heterocycles. The molecule has 118 valence electrons. The molecule has 1 unspecified atom stereocenters. The molecule has 0 spiro atoms. The number of benzene rings is 2. The first-order valence-corrected chi connectivity index (χ1v) is 11.3. The van der Waals surface area contributed by atoms with E-state index < -0.39 is 8.07 Å². The van der Waals surface area contributed by atoms with Crippen molar-refractivity contribution in [3.8, 4) is 0 Å². The lowest BCUT2D eigenvalue weighted by molar-refractivity contribution is 0.798. The van der Waals surface area contributed by atoms with Crippen LogP contribution in [0.4, 0.5) is 0 Å². The Morgan fingerprint density at radius 2 is 1.43 bits per heavy atom. The average molecular weight is 319 g/mol. The summed E-state index contributed by atoms with van der Waals surface area (Å²) in [6.45, 7) is 4.79. The fourth-order valence-electron chi connectivity index (χ4n) is 3.60. The van der Waals surface area contributed by atoms with Crippen LogP contribution < -0.4 is 10.4 Å². The van der Waals surface area contributed by atoms with Crippen molar-refractivity contribution in [2.24, 2.45) is 0 Å². The molecule has 0 fully saturated rings. The molecular weight excluding hydrogens is 292 g/mol. The van der Waals surface area contributed by atoms with Crippen molar-refractivity contribution in [3.63, 3.8) is 0 Å². The molecule has 0 heterocycles. The highest BCUT2D eigenvalue weighted by molar-refractivity contribution is 7.03. The highest BCUT2D eigenvalue weighted by atomic mass is 28.3. The topological polar surface area (TPSA) is 0 Å². The predicted octanol–water partition coefficient (Wildman–Crippen LogP) is 4.94. The fraction of sp³-hybridized carbons (Fsp3) is 0.273. The molecular formula is C22H26Si. The van der Waals surface area contributed by atoms with Crippen LogP contribution >= 0.6 is 0 Å². The highest BCUT2D eigenvalue weighted by Crippen LogP contribution is 2.33. The molecule has 1 aliphatic rings. The molecule has 1 aliphatic carbocycles. The van der Waals surface area contributed by atoms with Gasteiger partial charge in [0.25, 0.3) is 0 Å². The zero-order valence-electron chi connectivity index (χ0n) is 14.2. The zero-order chi connectivity index (χ0) is 16.1. The Labute approximate surface area is 141 Å². The van der Waals surface area contributed by atoms with E-state index in [4.69, 9.17) is 0 Å². The van der Waals surface area contributed by atoms with Gasteiger partial charge in [0.1, 0.15) is 8.07 Å². The third kappa shape index (κ3) is 3.25. The first-order valence-electron chi connectivity index (χ1n) is 8.75. The lowest BCUT2D eigenvalue weighted by atomic mass is 10.1. The summed E-state index contributed by atoms with van der Waals surface area (Å²) in [4.78, 5) is 0. The van der Waals surface area contributed by atoms with E-state index in [1.165, 1.54) is 35.2 Å². The quantitative estimate of drug-likeness (QED) is 0.662. The van der Waals surface area contributed by atoms with Gasteiger partial charge in [0.05, 0.1) is 0 Å². The minimum absolute atomic E-state index is 0.555. The van der Waals surface area contributed by atoms with Crippen LogP contribution in [0.2, 0.25) is 12.1 Å². The van der Waals surface area contributed by atoms with E-state index in [1.54, 1.807) is 0 Å². The van der Waals surface area contributed by atoms with Crippen LogP contribution in [-0.4, -0.2) is 8.07 Å². The Kier molecular flexibility index (Phi) is 4.97. The van der Waals surface area contributed by atoms with Gasteiger partial charge in [0.15, 0.2) is 0 Å². The van der Waals surface area contributed by atoms with Crippen LogP contribution in [-0.2, 0) is 0 Å². The summed E-state index contributed by atoms with van der Waals surface area (Å²) in [7, 11) is -1.81. The molecule has 0 aliphatic heterocycles. The predicted molar refractivity (Wildman–Crippen MR) is 104 cm³/mol. The molecule has 2 aromatic rings. The Morgan fingerprint density at radius 1 is 0.870 bits per heavy atom. The maximum atomic E-state index is 2.54. The molecule has 0 saturated carbocycles. The van der Waals surface area contributed by atoms with E-state index in [1.807, 2.05) is 0 Å². The van der Waals surface area contributed by atoms with Crippen molar-refractivity contribution in [3.05, 3.63) is 84.5 Å². The largest absolute Gasteiger partial charge is 0.125 e. The first kappa shape index (κ1) is 16.0. The molecule has 1 heteroatoms. The van der Waals surface area contributed by atoms with Gasteiger partial charge < -0.3 is 0 Å².